The molecule has 3 aliphatic carbocycles. The third kappa shape index (κ3) is 6.49. The normalized spacial score (nSPS) is 19.2. The van der Waals surface area contributed by atoms with Gasteiger partial charge in [-0.1, -0.05) is 160 Å². The molecule has 0 aromatic heterocycles. The van der Waals surface area contributed by atoms with Crippen molar-refractivity contribution in [3.63, 3.8) is 0 Å². The second kappa shape index (κ2) is 15.4. The minimum atomic E-state index is -2.41. The summed E-state index contributed by atoms with van der Waals surface area (Å²) in [4.78, 5) is 7.30. The molecule has 0 amide bonds. The van der Waals surface area contributed by atoms with Crippen LogP contribution in [-0.4, -0.2) is 6.71 Å². The van der Waals surface area contributed by atoms with E-state index in [0.717, 1.165) is 82.3 Å². The maximum atomic E-state index is 9.35. The Labute approximate surface area is 433 Å². The summed E-state index contributed by atoms with van der Waals surface area (Å²) in [7, 11) is 0. The van der Waals surface area contributed by atoms with Crippen LogP contribution in [0, 0.1) is 6.85 Å². The SMILES string of the molecule is [2H]C([2H])([2H])c1cc2c3c(c1)N(c1cccc4c1C(C)(C)c1ccccc1-4)c1cc(N(c4ccccc4)c4ccccc4)ccc1B3c1cc3c(cc1N2c1ccc2c(c1)C(C)(C)CCC2(C)C)C(C)(C)CCC3(C)C. The lowest BCUT2D eigenvalue weighted by Crippen LogP contribution is -2.62. The van der Waals surface area contributed by atoms with Gasteiger partial charge in [0.25, 0.3) is 6.71 Å². The molecule has 13 rings (SSSR count). The van der Waals surface area contributed by atoms with Crippen molar-refractivity contribution in [2.75, 3.05) is 14.7 Å². The van der Waals surface area contributed by atoms with Crippen LogP contribution >= 0.6 is 0 Å². The lowest BCUT2D eigenvalue weighted by atomic mass is 9.33. The first-order valence-corrected chi connectivity index (χ1v) is 26.5. The summed E-state index contributed by atoms with van der Waals surface area (Å²) < 4.78 is 28.0. The molecule has 8 aromatic carbocycles. The van der Waals surface area contributed by atoms with Gasteiger partial charge in [0.05, 0.1) is 5.69 Å². The largest absolute Gasteiger partial charge is 0.311 e. The van der Waals surface area contributed by atoms with Crippen molar-refractivity contribution in [2.24, 2.45) is 0 Å². The molecule has 0 N–H and O–H groups in total. The van der Waals surface area contributed by atoms with Gasteiger partial charge in [-0.15, -0.1) is 0 Å². The summed E-state index contributed by atoms with van der Waals surface area (Å²) in [6, 6.07) is 60.4. The van der Waals surface area contributed by atoms with Crippen LogP contribution < -0.4 is 31.1 Å². The molecule has 0 saturated heterocycles. The van der Waals surface area contributed by atoms with E-state index in [-0.39, 0.29) is 33.8 Å². The van der Waals surface area contributed by atoms with Gasteiger partial charge in [0.1, 0.15) is 0 Å². The predicted octanol–water partition coefficient (Wildman–Crippen LogP) is 16.6. The smallest absolute Gasteiger partial charge is 0.252 e. The summed E-state index contributed by atoms with van der Waals surface area (Å²) in [6.45, 7) is 21.4. The summed E-state index contributed by atoms with van der Waals surface area (Å²) in [6.07, 6.45) is 4.40. The van der Waals surface area contributed by atoms with E-state index in [1.54, 1.807) is 0 Å². The molecular weight excluding hydrogens is 870 g/mol. The van der Waals surface area contributed by atoms with Gasteiger partial charge in [-0.2, -0.15) is 0 Å². The molecule has 0 saturated carbocycles. The van der Waals surface area contributed by atoms with Crippen molar-refractivity contribution < 1.29 is 4.11 Å². The van der Waals surface area contributed by atoms with Gasteiger partial charge in [0.15, 0.2) is 0 Å². The minimum Gasteiger partial charge on any atom is -0.311 e. The van der Waals surface area contributed by atoms with Gasteiger partial charge >= 0.3 is 0 Å². The van der Waals surface area contributed by atoms with Crippen LogP contribution in [0.5, 0.6) is 0 Å². The second-order valence-corrected chi connectivity index (χ2v) is 24.9. The molecule has 5 aliphatic rings. The third-order valence-electron chi connectivity index (χ3n) is 18.2. The molecule has 0 atom stereocenters. The Kier molecular flexibility index (Phi) is 8.93. The highest BCUT2D eigenvalue weighted by Gasteiger charge is 2.49. The summed E-state index contributed by atoms with van der Waals surface area (Å²) in [5.74, 6) is 0. The molecule has 4 heteroatoms. The fraction of sp³-hybridized carbons (Fsp3) is 0.294. The zero-order valence-corrected chi connectivity index (χ0v) is 43.8. The van der Waals surface area contributed by atoms with Crippen molar-refractivity contribution in [3.05, 3.63) is 203 Å². The number of para-hydroxylation sites is 2. The van der Waals surface area contributed by atoms with Crippen molar-refractivity contribution in [1.82, 2.24) is 0 Å². The highest BCUT2D eigenvalue weighted by atomic mass is 15.2. The van der Waals surface area contributed by atoms with Crippen LogP contribution in [0.15, 0.2) is 164 Å². The van der Waals surface area contributed by atoms with E-state index in [9.17, 15) is 4.11 Å². The highest BCUT2D eigenvalue weighted by Crippen LogP contribution is 2.57. The highest BCUT2D eigenvalue weighted by molar-refractivity contribution is 7.00. The molecule has 2 heterocycles. The number of rotatable bonds is 5. The summed E-state index contributed by atoms with van der Waals surface area (Å²) >= 11 is 0. The van der Waals surface area contributed by atoms with Crippen molar-refractivity contribution >= 4 is 74.3 Å². The molecule has 2 aliphatic heterocycles. The van der Waals surface area contributed by atoms with Crippen LogP contribution in [-0.2, 0) is 27.1 Å². The number of fused-ring (bicyclic) bond motifs is 9. The number of benzene rings is 8. The van der Waals surface area contributed by atoms with Crippen molar-refractivity contribution in [3.8, 4) is 11.1 Å². The Morgan fingerprint density at radius 3 is 1.62 bits per heavy atom. The lowest BCUT2D eigenvalue weighted by Gasteiger charge is -2.48. The molecule has 3 nitrogen and oxygen atoms in total. The molecule has 0 fully saturated rings. The Bertz CT molecular complexity index is 3620. The van der Waals surface area contributed by atoms with Gasteiger partial charge in [0.2, 0.25) is 0 Å². The fourth-order valence-corrected chi connectivity index (χ4v) is 14.0. The second-order valence-electron chi connectivity index (χ2n) is 24.9. The third-order valence-corrected chi connectivity index (χ3v) is 18.2. The standard InChI is InChI=1S/C68H68BN3/c1-43-37-60-63-61(38-43)72(57-28-20-26-49-48-25-18-19-27-50(48)68(10,11)62(49)57)58-40-47(70(44-21-14-12-15-22-44)45-23-16-13-17-24-45)30-32-55(58)69(63)56-41-53-54(67(8,9)36-35-66(53,6)7)42-59(56)71(60)46-29-31-51-52(39-46)65(4,5)34-33-64(51,2)3/h12-32,37-42H,33-36H2,1-11H3/i1D3. The zero-order chi connectivity index (χ0) is 52.4. The van der Waals surface area contributed by atoms with Crippen LogP contribution in [0.2, 0.25) is 0 Å². The van der Waals surface area contributed by atoms with E-state index < -0.39 is 6.85 Å². The van der Waals surface area contributed by atoms with Crippen LogP contribution in [0.1, 0.15) is 138 Å². The monoisotopic (exact) mass is 941 g/mol. The first-order valence-electron chi connectivity index (χ1n) is 28.0. The molecule has 0 radical (unpaired) electrons. The summed E-state index contributed by atoms with van der Waals surface area (Å²) in [5, 5.41) is 0. The molecular formula is C68H68BN3. The van der Waals surface area contributed by atoms with Gasteiger partial charge in [0, 0.05) is 55.0 Å². The van der Waals surface area contributed by atoms with Crippen LogP contribution in [0.25, 0.3) is 11.1 Å². The van der Waals surface area contributed by atoms with Gasteiger partial charge in [-0.25, -0.2) is 0 Å². The average Bonchev–Trinajstić information content (AvgIpc) is 3.77. The number of hydrogen-bond acceptors (Lipinski definition) is 3. The number of aryl methyl sites for hydroxylation is 1. The Balaban J connectivity index is 1.17. The first kappa shape index (κ1) is 41.8. The number of hydrogen-bond donors (Lipinski definition) is 0. The molecule has 0 spiro atoms. The van der Waals surface area contributed by atoms with E-state index in [1.807, 2.05) is 12.1 Å². The minimum absolute atomic E-state index is 0.0341. The molecule has 358 valence electrons. The van der Waals surface area contributed by atoms with Crippen LogP contribution in [0.3, 0.4) is 0 Å². The van der Waals surface area contributed by atoms with E-state index >= 15 is 0 Å². The molecule has 0 unspecified atom stereocenters. The molecule has 8 aromatic rings. The van der Waals surface area contributed by atoms with E-state index in [1.165, 1.54) is 55.4 Å². The molecule has 0 bridgehead atoms. The Morgan fingerprint density at radius 2 is 0.972 bits per heavy atom. The maximum Gasteiger partial charge on any atom is 0.252 e. The van der Waals surface area contributed by atoms with E-state index in [0.29, 0.717) is 5.56 Å². The average molecular weight is 941 g/mol. The zero-order valence-electron chi connectivity index (χ0n) is 46.8. The van der Waals surface area contributed by atoms with Crippen molar-refractivity contribution in [1.29, 1.82) is 0 Å². The van der Waals surface area contributed by atoms with Gasteiger partial charge < -0.3 is 14.7 Å². The van der Waals surface area contributed by atoms with Crippen LogP contribution in [0.4, 0.5) is 51.2 Å². The van der Waals surface area contributed by atoms with Gasteiger partial charge in [-0.3, -0.25) is 0 Å². The quantitative estimate of drug-likeness (QED) is 0.159. The van der Waals surface area contributed by atoms with E-state index in [2.05, 4.69) is 236 Å². The summed E-state index contributed by atoms with van der Waals surface area (Å²) in [5.41, 5.74) is 23.3. The Morgan fingerprint density at radius 1 is 0.417 bits per heavy atom. The first-order chi connectivity index (χ1) is 35.6. The van der Waals surface area contributed by atoms with E-state index in [4.69, 9.17) is 0 Å². The predicted molar refractivity (Wildman–Crippen MR) is 308 cm³/mol. The fourth-order valence-electron chi connectivity index (χ4n) is 14.0. The van der Waals surface area contributed by atoms with Crippen molar-refractivity contribution in [2.45, 2.75) is 129 Å². The maximum absolute atomic E-state index is 9.35. The Hall–Kier alpha value is -6.78. The number of anilines is 9. The number of nitrogens with zero attached hydrogens (tertiary/aromatic N) is 3. The van der Waals surface area contributed by atoms with Gasteiger partial charge in [-0.05, 0) is 193 Å². The lowest BCUT2D eigenvalue weighted by molar-refractivity contribution is 0.332. The topological polar surface area (TPSA) is 9.72 Å². The molecule has 72 heavy (non-hydrogen) atoms.